The van der Waals surface area contributed by atoms with Crippen molar-refractivity contribution >= 4 is 23.6 Å². The minimum absolute atomic E-state index is 0.0266. The highest BCUT2D eigenvalue weighted by atomic mass is 32.2. The average molecular weight is 559 g/mol. The summed E-state index contributed by atoms with van der Waals surface area (Å²) in [5, 5.41) is 27.7. The lowest BCUT2D eigenvalue weighted by Crippen LogP contribution is -2.60. The van der Waals surface area contributed by atoms with Crippen LogP contribution in [0, 0.1) is 0 Å². The summed E-state index contributed by atoms with van der Waals surface area (Å²) in [6.45, 7) is 18.1. The Morgan fingerprint density at radius 3 is 2.37 bits per heavy atom. The molecule has 10 heteroatoms. The molecule has 9 nitrogen and oxygen atoms in total. The summed E-state index contributed by atoms with van der Waals surface area (Å²) in [6, 6.07) is 0.200. The molecule has 0 aromatic carbocycles. The summed E-state index contributed by atoms with van der Waals surface area (Å²) in [4.78, 5) is 23.7. The summed E-state index contributed by atoms with van der Waals surface area (Å²) in [5.74, 6) is -1.10. The number of thioether (sulfide) groups is 1. The Balaban J connectivity index is 2.65. The largest absolute Gasteiger partial charge is 0.389 e. The van der Waals surface area contributed by atoms with E-state index in [4.69, 9.17) is 10.5 Å². The van der Waals surface area contributed by atoms with Crippen molar-refractivity contribution in [2.24, 2.45) is 5.73 Å². The van der Waals surface area contributed by atoms with Crippen LogP contribution in [0.3, 0.4) is 0 Å². The van der Waals surface area contributed by atoms with E-state index >= 15 is 0 Å². The van der Waals surface area contributed by atoms with E-state index < -0.39 is 34.3 Å². The molecule has 0 bridgehead atoms. The fourth-order valence-electron chi connectivity index (χ4n) is 4.70. The van der Waals surface area contributed by atoms with Gasteiger partial charge in [0.1, 0.15) is 0 Å². The lowest BCUT2D eigenvalue weighted by Gasteiger charge is -2.40. The number of nitrogens with zero attached hydrogens (tertiary/aromatic N) is 1. The first-order valence-electron chi connectivity index (χ1n) is 14.0. The second kappa shape index (κ2) is 15.7. The number of unbranched alkanes of at least 4 members (excludes halogenated alkanes) is 1. The summed E-state index contributed by atoms with van der Waals surface area (Å²) >= 11 is 1.41. The Bertz CT molecular complexity index is 776. The summed E-state index contributed by atoms with van der Waals surface area (Å²) in [5.41, 5.74) is 4.68. The molecule has 4 unspecified atom stereocenters. The molecule has 1 saturated heterocycles. The summed E-state index contributed by atoms with van der Waals surface area (Å²) in [6.07, 6.45) is 7.59. The Kier molecular flexibility index (Phi) is 14.5. The van der Waals surface area contributed by atoms with E-state index in [0.717, 1.165) is 25.7 Å². The maximum atomic E-state index is 12.0. The molecule has 222 valence electrons. The number of aliphatic hydroxyl groups excluding tert-OH is 1. The van der Waals surface area contributed by atoms with Crippen molar-refractivity contribution in [2.75, 3.05) is 19.7 Å². The second-order valence-electron chi connectivity index (χ2n) is 12.1. The predicted octanol–water partition coefficient (Wildman–Crippen LogP) is 3.37. The van der Waals surface area contributed by atoms with Crippen LogP contribution in [0.4, 0.5) is 0 Å². The van der Waals surface area contributed by atoms with Crippen molar-refractivity contribution in [3.63, 3.8) is 0 Å². The van der Waals surface area contributed by atoms with Crippen molar-refractivity contribution in [3.05, 3.63) is 12.2 Å². The Hall–Kier alpha value is -1.01. The zero-order valence-electron chi connectivity index (χ0n) is 24.9. The van der Waals surface area contributed by atoms with Gasteiger partial charge in [-0.1, -0.05) is 46.3 Å². The Morgan fingerprint density at radius 2 is 1.84 bits per heavy atom. The molecule has 0 saturated carbocycles. The standard InChI is InChI=1S/C28H54N4O5S/c1-9-13-28(8,24(34)21(31-20(2)3)12-10-11-16-29)30-17-14-26(4,5)37-18-15-27(6,7)38-22-19-23(33)32(36)25(22)35/h9,13,20-22,24,30-31,34,36H,10-12,14-19,29H2,1-8H3. The van der Waals surface area contributed by atoms with Crippen LogP contribution in [-0.2, 0) is 14.3 Å². The van der Waals surface area contributed by atoms with Crippen LogP contribution in [0.1, 0.15) is 93.9 Å². The van der Waals surface area contributed by atoms with Crippen LogP contribution in [0.15, 0.2) is 12.2 Å². The van der Waals surface area contributed by atoms with Crippen LogP contribution in [0.5, 0.6) is 0 Å². The number of hydrogen-bond acceptors (Lipinski definition) is 9. The zero-order chi connectivity index (χ0) is 29.1. The van der Waals surface area contributed by atoms with Gasteiger partial charge in [-0.2, -0.15) is 5.06 Å². The van der Waals surface area contributed by atoms with Crippen LogP contribution in [0.25, 0.3) is 0 Å². The molecule has 38 heavy (non-hydrogen) atoms. The first-order chi connectivity index (χ1) is 17.6. The van der Waals surface area contributed by atoms with E-state index in [2.05, 4.69) is 38.3 Å². The molecule has 0 radical (unpaired) electrons. The van der Waals surface area contributed by atoms with E-state index in [1.165, 1.54) is 11.8 Å². The van der Waals surface area contributed by atoms with Crippen molar-refractivity contribution in [1.29, 1.82) is 0 Å². The third-order valence-electron chi connectivity index (χ3n) is 7.00. The number of nitrogens with one attached hydrogen (secondary N) is 2. The van der Waals surface area contributed by atoms with Crippen molar-refractivity contribution in [3.8, 4) is 0 Å². The van der Waals surface area contributed by atoms with Crippen LogP contribution in [0.2, 0.25) is 0 Å². The van der Waals surface area contributed by atoms with Gasteiger partial charge in [-0.25, -0.2) is 0 Å². The van der Waals surface area contributed by atoms with Gasteiger partial charge in [0.25, 0.3) is 11.8 Å². The highest BCUT2D eigenvalue weighted by Crippen LogP contribution is 2.37. The molecular weight excluding hydrogens is 504 g/mol. The molecule has 1 rings (SSSR count). The third kappa shape index (κ3) is 11.6. The average Bonchev–Trinajstić information content (AvgIpc) is 3.03. The van der Waals surface area contributed by atoms with Gasteiger partial charge < -0.3 is 26.2 Å². The molecule has 1 aliphatic rings. The van der Waals surface area contributed by atoms with Gasteiger partial charge in [0, 0.05) is 23.4 Å². The van der Waals surface area contributed by atoms with E-state index in [-0.39, 0.29) is 28.3 Å². The molecule has 0 aromatic heterocycles. The quantitative estimate of drug-likeness (QED) is 0.0699. The Morgan fingerprint density at radius 1 is 1.18 bits per heavy atom. The van der Waals surface area contributed by atoms with Crippen LogP contribution in [-0.4, -0.2) is 86.2 Å². The number of hydrogen-bond donors (Lipinski definition) is 5. The first kappa shape index (κ1) is 35.0. The van der Waals surface area contributed by atoms with E-state index in [9.17, 15) is 19.9 Å². The highest BCUT2D eigenvalue weighted by Gasteiger charge is 2.41. The predicted molar refractivity (Wildman–Crippen MR) is 155 cm³/mol. The monoisotopic (exact) mass is 558 g/mol. The minimum atomic E-state index is -0.624. The molecule has 0 aromatic rings. The second-order valence-corrected chi connectivity index (χ2v) is 14.0. The van der Waals surface area contributed by atoms with E-state index in [1.807, 2.05) is 39.8 Å². The number of allylic oxidation sites excluding steroid dienone is 1. The van der Waals surface area contributed by atoms with Crippen molar-refractivity contribution < 1.29 is 24.6 Å². The smallest absolute Gasteiger partial charge is 0.266 e. The minimum Gasteiger partial charge on any atom is -0.389 e. The number of rotatable bonds is 19. The fraction of sp³-hybridized carbons (Fsp3) is 0.857. The van der Waals surface area contributed by atoms with Gasteiger partial charge in [0.15, 0.2) is 0 Å². The SMILES string of the molecule is CC=CC(C)(NCCC(C)(C)OCCC(C)(C)SC1CC(=O)N(O)C1=O)C(O)C(CCCCN)NC(C)C. The third-order valence-corrected chi connectivity index (χ3v) is 8.49. The number of imide groups is 1. The Labute approximate surface area is 234 Å². The van der Waals surface area contributed by atoms with Crippen molar-refractivity contribution in [1.82, 2.24) is 15.7 Å². The molecule has 1 fully saturated rings. The number of hydroxylamine groups is 2. The molecule has 6 N–H and O–H groups in total. The maximum Gasteiger partial charge on any atom is 0.266 e. The van der Waals surface area contributed by atoms with Gasteiger partial charge in [-0.05, 0) is 66.5 Å². The zero-order valence-corrected chi connectivity index (χ0v) is 25.7. The summed E-state index contributed by atoms with van der Waals surface area (Å²) < 4.78 is 5.94. The van der Waals surface area contributed by atoms with Gasteiger partial charge in [-0.15, -0.1) is 11.8 Å². The fourth-order valence-corrected chi connectivity index (χ4v) is 6.10. The topological polar surface area (TPSA) is 137 Å². The normalized spacial score (nSPS) is 20.5. The number of amides is 2. The number of carbonyl (C=O) groups is 2. The van der Waals surface area contributed by atoms with Gasteiger partial charge in [-0.3, -0.25) is 14.8 Å². The number of ether oxygens (including phenoxy) is 1. The molecular formula is C28H54N4O5S. The van der Waals surface area contributed by atoms with E-state index in [1.54, 1.807) is 0 Å². The number of nitrogens with two attached hydrogens (primary N) is 1. The molecule has 0 aliphatic carbocycles. The molecule has 1 heterocycles. The molecule has 1 aliphatic heterocycles. The molecule has 4 atom stereocenters. The van der Waals surface area contributed by atoms with Crippen molar-refractivity contribution in [2.45, 2.75) is 133 Å². The number of carbonyl (C=O) groups excluding carboxylic acids is 2. The van der Waals surface area contributed by atoms with Gasteiger partial charge in [0.05, 0.1) is 28.9 Å². The van der Waals surface area contributed by atoms with Gasteiger partial charge in [0.2, 0.25) is 0 Å². The summed E-state index contributed by atoms with van der Waals surface area (Å²) in [7, 11) is 0. The highest BCUT2D eigenvalue weighted by molar-refractivity contribution is 8.02. The van der Waals surface area contributed by atoms with Crippen LogP contribution < -0.4 is 16.4 Å². The van der Waals surface area contributed by atoms with E-state index in [0.29, 0.717) is 26.1 Å². The number of aliphatic hydroxyl groups is 1. The molecule has 2 amide bonds. The molecule has 0 spiro atoms. The first-order valence-corrected chi connectivity index (χ1v) is 14.9. The lowest BCUT2D eigenvalue weighted by molar-refractivity contribution is -0.170. The van der Waals surface area contributed by atoms with Crippen LogP contribution >= 0.6 is 11.8 Å². The maximum absolute atomic E-state index is 12.0. The lowest BCUT2D eigenvalue weighted by atomic mass is 9.85. The van der Waals surface area contributed by atoms with Gasteiger partial charge >= 0.3 is 0 Å².